The van der Waals surface area contributed by atoms with E-state index >= 15 is 0 Å². The third kappa shape index (κ3) is 3.05. The molecular weight excluding hydrogens is 212 g/mol. The van der Waals surface area contributed by atoms with Crippen molar-refractivity contribution < 1.29 is 27.6 Å². The zero-order chi connectivity index (χ0) is 11.5. The lowest BCUT2D eigenvalue weighted by Gasteiger charge is -2.11. The summed E-state index contributed by atoms with van der Waals surface area (Å²) in [5.41, 5.74) is -0.884. The van der Waals surface area contributed by atoms with Crippen LogP contribution in [-0.2, 0) is 6.18 Å². The molecule has 3 nitrogen and oxygen atoms in total. The maximum atomic E-state index is 12.4. The molecule has 0 spiro atoms. The van der Waals surface area contributed by atoms with E-state index in [1.807, 2.05) is 0 Å². The predicted molar refractivity (Wildman–Crippen MR) is 48.0 cm³/mol. The molecule has 0 aliphatic carbocycles. The second-order valence-corrected chi connectivity index (χ2v) is 2.67. The molecule has 1 N–H and O–H groups in total. The molecule has 0 aliphatic heterocycles. The number of rotatable bonds is 3. The molecule has 15 heavy (non-hydrogen) atoms. The maximum absolute atomic E-state index is 12.4. The molecule has 1 rings (SSSR count). The molecule has 0 saturated heterocycles. The fourth-order valence-corrected chi connectivity index (χ4v) is 1.01. The molecule has 0 heterocycles. The van der Waals surface area contributed by atoms with Crippen LogP contribution in [0.2, 0.25) is 0 Å². The highest BCUT2D eigenvalue weighted by atomic mass is 19.4. The van der Waals surface area contributed by atoms with Gasteiger partial charge in [0, 0.05) is 6.07 Å². The van der Waals surface area contributed by atoms with E-state index in [4.69, 9.17) is 5.02 Å². The summed E-state index contributed by atoms with van der Waals surface area (Å²) in [5, 5.41) is 8.43. The molecule has 0 aromatic heterocycles. The van der Waals surface area contributed by atoms with E-state index in [0.717, 1.165) is 12.1 Å². The molecule has 0 bridgehead atoms. The van der Waals surface area contributed by atoms with Gasteiger partial charge in [0.25, 0.3) is 0 Å². The van der Waals surface area contributed by atoms with Gasteiger partial charge in [-0.15, -0.1) is 0 Å². The quantitative estimate of drug-likeness (QED) is 0.781. The third-order valence-electron chi connectivity index (χ3n) is 1.67. The van der Waals surface area contributed by atoms with Gasteiger partial charge in [-0.3, -0.25) is 0 Å². The third-order valence-corrected chi connectivity index (χ3v) is 1.67. The second kappa shape index (κ2) is 4.44. The van der Waals surface area contributed by atoms with Gasteiger partial charge in [0.15, 0.2) is 0 Å². The summed E-state index contributed by atoms with van der Waals surface area (Å²) in [6.45, 7) is 0. The van der Waals surface area contributed by atoms with Crippen LogP contribution in [0.15, 0.2) is 18.2 Å². The van der Waals surface area contributed by atoms with Gasteiger partial charge in [-0.05, 0) is 12.1 Å². The largest absolute Gasteiger partial charge is 0.539 e. The van der Waals surface area contributed by atoms with Crippen LogP contribution in [0.3, 0.4) is 0 Å². The monoisotopic (exact) mass is 220 g/mol. The molecule has 0 amide bonds. The molecule has 0 aliphatic rings. The van der Waals surface area contributed by atoms with E-state index in [-0.39, 0.29) is 11.5 Å². The van der Waals surface area contributed by atoms with Crippen molar-refractivity contribution in [2.75, 3.05) is 7.11 Å². The lowest BCUT2D eigenvalue weighted by atomic mass is 10.2. The van der Waals surface area contributed by atoms with Crippen LogP contribution in [0.25, 0.3) is 0 Å². The zero-order valence-corrected chi connectivity index (χ0v) is 7.84. The lowest BCUT2D eigenvalue weighted by molar-refractivity contribution is -0.137. The first-order chi connectivity index (χ1) is 6.97. The summed E-state index contributed by atoms with van der Waals surface area (Å²) >= 11 is 0. The van der Waals surface area contributed by atoms with Crippen molar-refractivity contribution >= 4 is 7.69 Å². The molecule has 0 saturated carbocycles. The molecule has 0 radical (unpaired) electrons. The average Bonchev–Trinajstić information content (AvgIpc) is 2.16. The van der Waals surface area contributed by atoms with E-state index in [2.05, 4.69) is 9.39 Å². The zero-order valence-electron chi connectivity index (χ0n) is 7.84. The Morgan fingerprint density at radius 2 is 1.80 bits per heavy atom. The molecular formula is C8H8BF3O3. The van der Waals surface area contributed by atoms with Gasteiger partial charge in [-0.2, -0.15) is 13.2 Å². The summed E-state index contributed by atoms with van der Waals surface area (Å²) in [6.07, 6.45) is -4.47. The van der Waals surface area contributed by atoms with Gasteiger partial charge in [-0.25, -0.2) is 0 Å². The lowest BCUT2D eigenvalue weighted by Crippen LogP contribution is -2.07. The highest BCUT2D eigenvalue weighted by Crippen LogP contribution is 2.34. The van der Waals surface area contributed by atoms with Gasteiger partial charge in [0.2, 0.25) is 0 Å². The Kier molecular flexibility index (Phi) is 3.46. The number of methoxy groups -OCH3 is 1. The topological polar surface area (TPSA) is 38.7 Å². The van der Waals surface area contributed by atoms with Crippen LogP contribution < -0.4 is 9.39 Å². The van der Waals surface area contributed by atoms with Crippen molar-refractivity contribution in [3.8, 4) is 11.5 Å². The Bertz CT molecular complexity index is 340. The first-order valence-corrected chi connectivity index (χ1v) is 3.97. The number of alkyl halides is 3. The molecule has 1 aromatic carbocycles. The van der Waals surface area contributed by atoms with Gasteiger partial charge >= 0.3 is 13.9 Å². The number of halogens is 3. The maximum Gasteiger partial charge on any atom is 0.504 e. The minimum atomic E-state index is -4.47. The number of hydrogen-bond acceptors (Lipinski definition) is 3. The van der Waals surface area contributed by atoms with Gasteiger partial charge in [0.05, 0.1) is 12.7 Å². The van der Waals surface area contributed by atoms with E-state index in [1.54, 1.807) is 0 Å². The Hall–Kier alpha value is -1.37. The van der Waals surface area contributed by atoms with Gasteiger partial charge < -0.3 is 14.4 Å². The molecule has 0 fully saturated rings. The van der Waals surface area contributed by atoms with Crippen molar-refractivity contribution in [2.24, 2.45) is 0 Å². The number of benzene rings is 1. The number of ether oxygens (including phenoxy) is 1. The summed E-state index contributed by atoms with van der Waals surface area (Å²) in [7, 11) is 0.558. The standard InChI is InChI=1S/C8H8BF3O3/c1-14-6-2-5(8(10,11)12)3-7(4-6)15-9-13/h2-4,9,13H,1H3. The summed E-state index contributed by atoms with van der Waals surface area (Å²) < 4.78 is 46.3. The fourth-order valence-electron chi connectivity index (χ4n) is 1.01. The van der Waals surface area contributed by atoms with Gasteiger partial charge in [-0.1, -0.05) is 0 Å². The SMILES string of the molecule is COc1cc(OBO)cc(C(F)(F)F)c1. The van der Waals surface area contributed by atoms with Crippen molar-refractivity contribution in [3.63, 3.8) is 0 Å². The fraction of sp³-hybridized carbons (Fsp3) is 0.250. The minimum Gasteiger partial charge on any atom is -0.539 e. The number of hydrogen-bond donors (Lipinski definition) is 1. The van der Waals surface area contributed by atoms with E-state index in [9.17, 15) is 13.2 Å². The summed E-state index contributed by atoms with van der Waals surface area (Å²) in [4.78, 5) is 0. The highest BCUT2D eigenvalue weighted by molar-refractivity contribution is 6.17. The molecule has 0 atom stereocenters. The van der Waals surface area contributed by atoms with Crippen LogP contribution in [0.1, 0.15) is 5.56 Å². The van der Waals surface area contributed by atoms with Crippen LogP contribution >= 0.6 is 0 Å². The van der Waals surface area contributed by atoms with Crippen molar-refractivity contribution in [1.29, 1.82) is 0 Å². The first-order valence-electron chi connectivity index (χ1n) is 3.97. The van der Waals surface area contributed by atoms with Crippen LogP contribution in [0.4, 0.5) is 13.2 Å². The normalized spacial score (nSPS) is 11.0. The first kappa shape index (κ1) is 11.7. The minimum absolute atomic E-state index is 0.0216. The van der Waals surface area contributed by atoms with Crippen LogP contribution in [0, 0.1) is 0 Å². The van der Waals surface area contributed by atoms with Crippen molar-refractivity contribution in [2.45, 2.75) is 6.18 Å². The second-order valence-electron chi connectivity index (χ2n) is 2.67. The Labute approximate surface area is 84.7 Å². The molecule has 7 heteroatoms. The Morgan fingerprint density at radius 1 is 1.20 bits per heavy atom. The van der Waals surface area contributed by atoms with E-state index in [1.165, 1.54) is 13.2 Å². The van der Waals surface area contributed by atoms with E-state index in [0.29, 0.717) is 0 Å². The predicted octanol–water partition coefficient (Wildman–Crippen LogP) is 1.35. The Morgan fingerprint density at radius 3 is 2.27 bits per heavy atom. The van der Waals surface area contributed by atoms with Crippen LogP contribution in [0.5, 0.6) is 11.5 Å². The summed E-state index contributed by atoms with van der Waals surface area (Å²) in [6, 6.07) is 2.90. The molecule has 82 valence electrons. The van der Waals surface area contributed by atoms with E-state index < -0.39 is 19.4 Å². The van der Waals surface area contributed by atoms with Crippen molar-refractivity contribution in [3.05, 3.63) is 23.8 Å². The summed E-state index contributed by atoms with van der Waals surface area (Å²) in [5.74, 6) is -0.0718. The Balaban J connectivity index is 3.11. The molecule has 1 aromatic rings. The average molecular weight is 220 g/mol. The van der Waals surface area contributed by atoms with Crippen LogP contribution in [-0.4, -0.2) is 19.8 Å². The van der Waals surface area contributed by atoms with Crippen molar-refractivity contribution in [1.82, 2.24) is 0 Å². The smallest absolute Gasteiger partial charge is 0.504 e. The highest BCUT2D eigenvalue weighted by Gasteiger charge is 2.31. The molecule has 0 unspecified atom stereocenters. The van der Waals surface area contributed by atoms with Gasteiger partial charge in [0.1, 0.15) is 11.5 Å².